The normalized spacial score (nSPS) is 14.1. The summed E-state index contributed by atoms with van der Waals surface area (Å²) in [5.74, 6) is 0. The number of imidazole rings is 1. The highest BCUT2D eigenvalue weighted by atomic mass is 15.1. The molecule has 0 amide bonds. The molecule has 3 heteroatoms. The van der Waals surface area contributed by atoms with Crippen LogP contribution in [0, 0.1) is 13.8 Å². The van der Waals surface area contributed by atoms with E-state index in [4.69, 9.17) is 0 Å². The SMILES string of the molecule is CCC(CNC(C)(C)C)n1cnc(C)c1C. The number of aromatic nitrogens is 2. The molecule has 1 heterocycles. The van der Waals surface area contributed by atoms with Crippen LogP contribution in [-0.4, -0.2) is 21.6 Å². The Hall–Kier alpha value is -0.830. The van der Waals surface area contributed by atoms with Gasteiger partial charge in [0.25, 0.3) is 0 Å². The highest BCUT2D eigenvalue weighted by molar-refractivity contribution is 5.09. The van der Waals surface area contributed by atoms with Crippen LogP contribution in [0.2, 0.25) is 0 Å². The Bertz CT molecular complexity index is 333. The second-order valence-corrected chi connectivity index (χ2v) is 5.52. The zero-order valence-electron chi connectivity index (χ0n) is 11.5. The van der Waals surface area contributed by atoms with Gasteiger partial charge in [-0.15, -0.1) is 0 Å². The largest absolute Gasteiger partial charge is 0.330 e. The van der Waals surface area contributed by atoms with E-state index in [0.29, 0.717) is 6.04 Å². The summed E-state index contributed by atoms with van der Waals surface area (Å²) >= 11 is 0. The van der Waals surface area contributed by atoms with Crippen molar-refractivity contribution in [2.45, 2.75) is 59.5 Å². The van der Waals surface area contributed by atoms with E-state index in [1.54, 1.807) is 0 Å². The molecule has 0 aliphatic rings. The van der Waals surface area contributed by atoms with E-state index >= 15 is 0 Å². The summed E-state index contributed by atoms with van der Waals surface area (Å²) in [6.07, 6.45) is 3.09. The Morgan fingerprint density at radius 3 is 2.38 bits per heavy atom. The molecule has 1 unspecified atom stereocenters. The van der Waals surface area contributed by atoms with Gasteiger partial charge in [0.1, 0.15) is 0 Å². The number of rotatable bonds is 4. The van der Waals surface area contributed by atoms with Crippen molar-refractivity contribution in [1.29, 1.82) is 0 Å². The number of aryl methyl sites for hydroxylation is 1. The molecule has 0 bridgehead atoms. The molecule has 0 aliphatic heterocycles. The fourth-order valence-electron chi connectivity index (χ4n) is 1.75. The molecule has 1 rings (SSSR count). The number of nitrogens with zero attached hydrogens (tertiary/aromatic N) is 2. The van der Waals surface area contributed by atoms with Gasteiger partial charge in [0.05, 0.1) is 12.0 Å². The Kier molecular flexibility index (Phi) is 4.14. The van der Waals surface area contributed by atoms with Crippen LogP contribution in [0.1, 0.15) is 51.5 Å². The molecule has 1 aromatic rings. The van der Waals surface area contributed by atoms with Crippen molar-refractivity contribution >= 4 is 0 Å². The molecule has 0 saturated heterocycles. The molecule has 0 aromatic carbocycles. The molecular formula is C13H25N3. The van der Waals surface area contributed by atoms with Crippen LogP contribution in [0.25, 0.3) is 0 Å². The molecule has 1 atom stereocenters. The molecule has 0 radical (unpaired) electrons. The molecule has 92 valence electrons. The Morgan fingerprint density at radius 2 is 2.00 bits per heavy atom. The van der Waals surface area contributed by atoms with Gasteiger partial charge in [-0.25, -0.2) is 4.98 Å². The van der Waals surface area contributed by atoms with Crippen LogP contribution in [-0.2, 0) is 0 Å². The molecule has 0 aliphatic carbocycles. The Balaban J connectivity index is 2.72. The van der Waals surface area contributed by atoms with E-state index in [2.05, 4.69) is 56.4 Å². The second kappa shape index (κ2) is 5.00. The standard InChI is InChI=1S/C13H25N3/c1-7-12(8-15-13(4,5)6)16-9-14-10(2)11(16)3/h9,12,15H,7-8H2,1-6H3. The monoisotopic (exact) mass is 223 g/mol. The molecule has 1 N–H and O–H groups in total. The molecule has 0 saturated carbocycles. The summed E-state index contributed by atoms with van der Waals surface area (Å²) in [6, 6.07) is 0.500. The van der Waals surface area contributed by atoms with E-state index < -0.39 is 0 Å². The molecule has 3 nitrogen and oxygen atoms in total. The molecule has 1 aromatic heterocycles. The summed E-state index contributed by atoms with van der Waals surface area (Å²) in [5.41, 5.74) is 2.59. The topological polar surface area (TPSA) is 29.9 Å². The summed E-state index contributed by atoms with van der Waals surface area (Å²) < 4.78 is 2.29. The van der Waals surface area contributed by atoms with Crippen molar-refractivity contribution in [2.24, 2.45) is 0 Å². The van der Waals surface area contributed by atoms with Gasteiger partial charge >= 0.3 is 0 Å². The van der Waals surface area contributed by atoms with Crippen LogP contribution in [0.3, 0.4) is 0 Å². The first-order chi connectivity index (χ1) is 7.35. The summed E-state index contributed by atoms with van der Waals surface area (Å²) in [5, 5.41) is 3.56. The van der Waals surface area contributed by atoms with Crippen LogP contribution < -0.4 is 5.32 Å². The predicted molar refractivity (Wildman–Crippen MR) is 68.8 cm³/mol. The maximum atomic E-state index is 4.36. The van der Waals surface area contributed by atoms with E-state index in [9.17, 15) is 0 Å². The van der Waals surface area contributed by atoms with Crippen molar-refractivity contribution in [3.63, 3.8) is 0 Å². The first-order valence-electron chi connectivity index (χ1n) is 6.10. The summed E-state index contributed by atoms with van der Waals surface area (Å²) in [4.78, 5) is 4.36. The highest BCUT2D eigenvalue weighted by Crippen LogP contribution is 2.16. The van der Waals surface area contributed by atoms with Crippen LogP contribution >= 0.6 is 0 Å². The maximum absolute atomic E-state index is 4.36. The smallest absolute Gasteiger partial charge is 0.0954 e. The number of hydrogen-bond donors (Lipinski definition) is 1. The van der Waals surface area contributed by atoms with Crippen molar-refractivity contribution in [2.75, 3.05) is 6.54 Å². The number of hydrogen-bond acceptors (Lipinski definition) is 2. The summed E-state index contributed by atoms with van der Waals surface area (Å²) in [6.45, 7) is 14.0. The lowest BCUT2D eigenvalue weighted by Crippen LogP contribution is -2.39. The van der Waals surface area contributed by atoms with Crippen LogP contribution in [0.4, 0.5) is 0 Å². The highest BCUT2D eigenvalue weighted by Gasteiger charge is 2.16. The van der Waals surface area contributed by atoms with Gasteiger partial charge < -0.3 is 9.88 Å². The van der Waals surface area contributed by atoms with E-state index in [1.807, 2.05) is 6.33 Å². The molecule has 0 spiro atoms. The average molecular weight is 223 g/mol. The van der Waals surface area contributed by atoms with Gasteiger partial charge in [0, 0.05) is 23.8 Å². The lowest BCUT2D eigenvalue weighted by atomic mass is 10.1. The van der Waals surface area contributed by atoms with E-state index in [1.165, 1.54) is 5.69 Å². The van der Waals surface area contributed by atoms with Crippen molar-refractivity contribution in [3.8, 4) is 0 Å². The minimum Gasteiger partial charge on any atom is -0.330 e. The quantitative estimate of drug-likeness (QED) is 0.850. The zero-order valence-corrected chi connectivity index (χ0v) is 11.5. The van der Waals surface area contributed by atoms with Gasteiger partial charge in [0.2, 0.25) is 0 Å². The fourth-order valence-corrected chi connectivity index (χ4v) is 1.75. The van der Waals surface area contributed by atoms with Gasteiger partial charge in [-0.3, -0.25) is 0 Å². The summed E-state index contributed by atoms with van der Waals surface area (Å²) in [7, 11) is 0. The first kappa shape index (κ1) is 13.2. The predicted octanol–water partition coefficient (Wildman–Crippen LogP) is 2.84. The zero-order chi connectivity index (χ0) is 12.3. The third kappa shape index (κ3) is 3.34. The van der Waals surface area contributed by atoms with Gasteiger partial charge in [0.15, 0.2) is 0 Å². The fraction of sp³-hybridized carbons (Fsp3) is 0.769. The second-order valence-electron chi connectivity index (χ2n) is 5.52. The van der Waals surface area contributed by atoms with Crippen molar-refractivity contribution in [1.82, 2.24) is 14.9 Å². The third-order valence-electron chi connectivity index (χ3n) is 3.02. The molecule has 16 heavy (non-hydrogen) atoms. The number of nitrogens with one attached hydrogen (secondary N) is 1. The van der Waals surface area contributed by atoms with Crippen molar-refractivity contribution in [3.05, 3.63) is 17.7 Å². The van der Waals surface area contributed by atoms with E-state index in [0.717, 1.165) is 18.7 Å². The minimum absolute atomic E-state index is 0.178. The average Bonchev–Trinajstić information content (AvgIpc) is 2.49. The Morgan fingerprint density at radius 1 is 1.38 bits per heavy atom. The third-order valence-corrected chi connectivity index (χ3v) is 3.02. The molecule has 0 fully saturated rings. The van der Waals surface area contributed by atoms with Gasteiger partial charge in [-0.05, 0) is 41.0 Å². The van der Waals surface area contributed by atoms with Gasteiger partial charge in [-0.1, -0.05) is 6.92 Å². The molecular weight excluding hydrogens is 198 g/mol. The van der Waals surface area contributed by atoms with E-state index in [-0.39, 0.29) is 5.54 Å². The lowest BCUT2D eigenvalue weighted by Gasteiger charge is -2.26. The van der Waals surface area contributed by atoms with Crippen LogP contribution in [0.15, 0.2) is 6.33 Å². The van der Waals surface area contributed by atoms with Gasteiger partial charge in [-0.2, -0.15) is 0 Å². The Labute approximate surface area is 99.3 Å². The first-order valence-corrected chi connectivity index (χ1v) is 6.10. The van der Waals surface area contributed by atoms with Crippen LogP contribution in [0.5, 0.6) is 0 Å². The maximum Gasteiger partial charge on any atom is 0.0954 e. The lowest BCUT2D eigenvalue weighted by molar-refractivity contribution is 0.358. The van der Waals surface area contributed by atoms with Crippen molar-refractivity contribution < 1.29 is 0 Å². The minimum atomic E-state index is 0.178.